The molecule has 17 heavy (non-hydrogen) atoms. The van der Waals surface area contributed by atoms with Crippen molar-refractivity contribution in [3.05, 3.63) is 12.0 Å². The molecule has 6 heteroatoms. The molecule has 0 N–H and O–H groups in total. The average Bonchev–Trinajstić information content (AvgIpc) is 2.52. The van der Waals surface area contributed by atoms with Gasteiger partial charge in [-0.15, -0.1) is 0 Å². The first-order valence-corrected chi connectivity index (χ1v) is 5.79. The molecule has 2 rings (SSSR count). The molecular weight excluding hydrogens is 212 g/mol. The van der Waals surface area contributed by atoms with Crippen molar-refractivity contribution < 1.29 is 32.8 Å². The first-order valence-electron chi connectivity index (χ1n) is 5.79. The van der Waals surface area contributed by atoms with Gasteiger partial charge in [-0.05, 0) is 27.7 Å². The third-order valence-electron chi connectivity index (χ3n) is 3.72. The van der Waals surface area contributed by atoms with Crippen LogP contribution in [0, 0.1) is 0 Å². The molecule has 1 spiro atoms. The standard InChI is InChI=1S/C11H21BNO3.Li/c1-10(2)11(3,4)16-12(15-10)8-7-9(14-12)13(5)6;/h7H,8H2,1-6H3;/q-1;+1. The van der Waals surface area contributed by atoms with E-state index in [1.165, 1.54) is 0 Å². The van der Waals surface area contributed by atoms with Crippen molar-refractivity contribution in [2.75, 3.05) is 14.1 Å². The molecule has 4 nitrogen and oxygen atoms in total. The Morgan fingerprint density at radius 2 is 1.59 bits per heavy atom. The third-order valence-corrected chi connectivity index (χ3v) is 3.72. The largest absolute Gasteiger partial charge is 1.00 e. The number of hydrogen-bond acceptors (Lipinski definition) is 4. The predicted molar refractivity (Wildman–Crippen MR) is 63.7 cm³/mol. The van der Waals surface area contributed by atoms with E-state index < -0.39 is 6.75 Å². The molecule has 1 fully saturated rings. The van der Waals surface area contributed by atoms with E-state index in [2.05, 4.69) is 0 Å². The van der Waals surface area contributed by atoms with Crippen LogP contribution in [0.15, 0.2) is 12.0 Å². The van der Waals surface area contributed by atoms with Crippen LogP contribution in [0.4, 0.5) is 0 Å². The molecule has 1 saturated heterocycles. The summed E-state index contributed by atoms with van der Waals surface area (Å²) in [6, 6.07) is 0. The zero-order chi connectivity index (χ0) is 12.2. The van der Waals surface area contributed by atoms with E-state index in [-0.39, 0.29) is 30.1 Å². The Hall–Kier alpha value is -0.0777. The Bertz CT molecular complexity index is 326. The van der Waals surface area contributed by atoms with Gasteiger partial charge in [-0.25, -0.2) is 0 Å². The van der Waals surface area contributed by atoms with Crippen LogP contribution in [-0.4, -0.2) is 37.0 Å². The van der Waals surface area contributed by atoms with E-state index >= 15 is 0 Å². The molecule has 0 bridgehead atoms. The number of hydrogen-bond donors (Lipinski definition) is 0. The molecule has 2 aliphatic heterocycles. The van der Waals surface area contributed by atoms with E-state index in [0.717, 1.165) is 5.88 Å². The second-order valence-corrected chi connectivity index (χ2v) is 5.84. The summed E-state index contributed by atoms with van der Waals surface area (Å²) in [6.45, 7) is 6.54. The second kappa shape index (κ2) is 4.24. The van der Waals surface area contributed by atoms with Crippen LogP contribution in [0.3, 0.4) is 0 Å². The Balaban J connectivity index is 0.00000144. The minimum Gasteiger partial charge on any atom is -0.658 e. The fourth-order valence-electron chi connectivity index (χ4n) is 2.16. The van der Waals surface area contributed by atoms with Gasteiger partial charge in [0.05, 0.1) is 0 Å². The molecular formula is C11H21BLiNO3. The zero-order valence-corrected chi connectivity index (χ0v) is 12.0. The van der Waals surface area contributed by atoms with Crippen LogP contribution in [0.1, 0.15) is 27.7 Å². The van der Waals surface area contributed by atoms with Crippen LogP contribution in [0.5, 0.6) is 0 Å². The monoisotopic (exact) mass is 233 g/mol. The van der Waals surface area contributed by atoms with Gasteiger partial charge in [0.15, 0.2) is 0 Å². The molecule has 0 amide bonds. The van der Waals surface area contributed by atoms with Crippen LogP contribution < -0.4 is 18.9 Å². The average molecular weight is 233 g/mol. The van der Waals surface area contributed by atoms with Gasteiger partial charge in [0.1, 0.15) is 5.88 Å². The summed E-state index contributed by atoms with van der Waals surface area (Å²) >= 11 is 0. The van der Waals surface area contributed by atoms with E-state index in [0.29, 0.717) is 6.32 Å². The maximum atomic E-state index is 6.03. The summed E-state index contributed by atoms with van der Waals surface area (Å²) in [4.78, 5) is 1.93. The quantitative estimate of drug-likeness (QED) is 0.542. The normalized spacial score (nSPS) is 27.3. The van der Waals surface area contributed by atoms with Crippen LogP contribution >= 0.6 is 0 Å². The number of nitrogens with zero attached hydrogens (tertiary/aromatic N) is 1. The Kier molecular flexibility index (Phi) is 3.74. The summed E-state index contributed by atoms with van der Waals surface area (Å²) in [5, 5.41) is 0. The predicted octanol–water partition coefficient (Wildman–Crippen LogP) is -1.03. The summed E-state index contributed by atoms with van der Waals surface area (Å²) in [5.41, 5.74) is -0.662. The maximum Gasteiger partial charge on any atom is 1.00 e. The van der Waals surface area contributed by atoms with E-state index in [9.17, 15) is 0 Å². The minimum absolute atomic E-state index is 0. The van der Waals surface area contributed by atoms with E-state index in [1.54, 1.807) is 0 Å². The van der Waals surface area contributed by atoms with Crippen molar-refractivity contribution in [3.63, 3.8) is 0 Å². The fourth-order valence-corrected chi connectivity index (χ4v) is 2.16. The molecule has 0 atom stereocenters. The van der Waals surface area contributed by atoms with Gasteiger partial charge in [-0.1, -0.05) is 12.4 Å². The summed E-state index contributed by atoms with van der Waals surface area (Å²) < 4.78 is 17.9. The third kappa shape index (κ3) is 2.39. The SMILES string of the molecule is CN(C)C1=CC[B-]2(O1)OC(C)(C)C(C)(C)O2.[Li+]. The van der Waals surface area contributed by atoms with Gasteiger partial charge in [0.25, 0.3) is 0 Å². The van der Waals surface area contributed by atoms with Crippen molar-refractivity contribution in [2.24, 2.45) is 0 Å². The van der Waals surface area contributed by atoms with Gasteiger partial charge >= 0.3 is 25.6 Å². The second-order valence-electron chi connectivity index (χ2n) is 5.84. The minimum atomic E-state index is -1.63. The van der Waals surface area contributed by atoms with E-state index in [1.807, 2.05) is 52.8 Å². The van der Waals surface area contributed by atoms with Gasteiger partial charge in [0, 0.05) is 25.3 Å². The summed E-state index contributed by atoms with van der Waals surface area (Å²) in [5.74, 6) is 0.827. The van der Waals surface area contributed by atoms with Crippen LogP contribution in [-0.2, 0) is 14.0 Å². The van der Waals surface area contributed by atoms with Crippen LogP contribution in [0.2, 0.25) is 6.32 Å². The summed E-state index contributed by atoms with van der Waals surface area (Å²) in [7, 11) is 3.90. The molecule has 0 aromatic rings. The first-order chi connectivity index (χ1) is 7.18. The number of rotatable bonds is 1. The molecule has 0 aromatic heterocycles. The van der Waals surface area contributed by atoms with Crippen molar-refractivity contribution >= 4 is 6.75 Å². The molecule has 0 saturated carbocycles. The Labute approximate surface area is 116 Å². The molecule has 2 aliphatic rings. The number of allylic oxidation sites excluding steroid dienone is 1. The van der Waals surface area contributed by atoms with Crippen molar-refractivity contribution in [3.8, 4) is 0 Å². The van der Waals surface area contributed by atoms with Gasteiger partial charge < -0.3 is 18.9 Å². The van der Waals surface area contributed by atoms with Gasteiger partial charge in [-0.2, -0.15) is 0 Å². The first kappa shape index (κ1) is 15.0. The topological polar surface area (TPSA) is 30.9 Å². The van der Waals surface area contributed by atoms with Crippen molar-refractivity contribution in [1.29, 1.82) is 0 Å². The van der Waals surface area contributed by atoms with E-state index in [4.69, 9.17) is 14.0 Å². The van der Waals surface area contributed by atoms with Crippen molar-refractivity contribution in [1.82, 2.24) is 4.90 Å². The molecule has 92 valence electrons. The smallest absolute Gasteiger partial charge is 0.658 e. The Morgan fingerprint density at radius 1 is 1.12 bits per heavy atom. The zero-order valence-electron chi connectivity index (χ0n) is 12.0. The van der Waals surface area contributed by atoms with Gasteiger partial charge in [0.2, 0.25) is 0 Å². The van der Waals surface area contributed by atoms with Gasteiger partial charge in [-0.3, -0.25) is 0 Å². The molecule has 2 heterocycles. The fraction of sp³-hybridized carbons (Fsp3) is 0.818. The van der Waals surface area contributed by atoms with Crippen LogP contribution in [0.25, 0.3) is 0 Å². The molecule has 0 aromatic carbocycles. The molecule has 0 unspecified atom stereocenters. The molecule has 0 aliphatic carbocycles. The maximum absolute atomic E-state index is 6.03. The van der Waals surface area contributed by atoms with Crippen molar-refractivity contribution in [2.45, 2.75) is 45.2 Å². The summed E-state index contributed by atoms with van der Waals surface area (Å²) in [6.07, 6.45) is 2.72. The molecule has 0 radical (unpaired) electrons. The Morgan fingerprint density at radius 3 is 1.94 bits per heavy atom.